The maximum atomic E-state index is 12.2. The molecular weight excluding hydrogens is 294 g/mol. The van der Waals surface area contributed by atoms with Gasteiger partial charge in [-0.05, 0) is 36.9 Å². The molecule has 6 heteroatoms. The molecule has 1 aliphatic rings. The number of amides is 2. The number of ether oxygens (including phenoxy) is 1. The van der Waals surface area contributed by atoms with Crippen LogP contribution >= 0.6 is 0 Å². The Hall–Kier alpha value is -2.34. The number of hydrogen-bond donors (Lipinski definition) is 2. The Morgan fingerprint density at radius 3 is 2.74 bits per heavy atom. The van der Waals surface area contributed by atoms with Gasteiger partial charge in [0.2, 0.25) is 0 Å². The highest BCUT2D eigenvalue weighted by Crippen LogP contribution is 2.17. The van der Waals surface area contributed by atoms with Gasteiger partial charge in [0.25, 0.3) is 5.56 Å². The van der Waals surface area contributed by atoms with Crippen molar-refractivity contribution in [1.82, 2.24) is 15.2 Å². The average molecular weight is 315 g/mol. The molecule has 2 amide bonds. The van der Waals surface area contributed by atoms with Crippen molar-refractivity contribution in [2.24, 2.45) is 0 Å². The Bertz CT molecular complexity index is 792. The number of carbonyl (C=O) groups excluding carboxylic acids is 1. The van der Waals surface area contributed by atoms with E-state index in [1.807, 2.05) is 32.0 Å². The van der Waals surface area contributed by atoms with Crippen LogP contribution < -0.4 is 10.9 Å². The van der Waals surface area contributed by atoms with Crippen molar-refractivity contribution < 1.29 is 9.53 Å². The van der Waals surface area contributed by atoms with Gasteiger partial charge in [0.05, 0.1) is 18.7 Å². The lowest BCUT2D eigenvalue weighted by atomic mass is 10.1. The van der Waals surface area contributed by atoms with Crippen LogP contribution in [-0.4, -0.2) is 42.2 Å². The molecule has 0 aliphatic carbocycles. The summed E-state index contributed by atoms with van der Waals surface area (Å²) < 4.78 is 5.23. The molecule has 0 spiro atoms. The van der Waals surface area contributed by atoms with Crippen LogP contribution in [0.15, 0.2) is 23.0 Å². The topological polar surface area (TPSA) is 74.4 Å². The number of H-pyrrole nitrogens is 1. The van der Waals surface area contributed by atoms with Crippen LogP contribution in [0.2, 0.25) is 0 Å². The minimum absolute atomic E-state index is 0.159. The van der Waals surface area contributed by atoms with Gasteiger partial charge >= 0.3 is 6.03 Å². The van der Waals surface area contributed by atoms with Crippen LogP contribution in [0.3, 0.4) is 0 Å². The molecule has 6 nitrogen and oxygen atoms in total. The van der Waals surface area contributed by atoms with E-state index < -0.39 is 0 Å². The first-order chi connectivity index (χ1) is 11.0. The number of aryl methyl sites for hydroxylation is 2. The molecule has 23 heavy (non-hydrogen) atoms. The molecule has 1 aromatic heterocycles. The predicted octanol–water partition coefficient (Wildman–Crippen LogP) is 1.69. The Morgan fingerprint density at radius 2 is 2.00 bits per heavy atom. The van der Waals surface area contributed by atoms with Crippen LogP contribution in [-0.2, 0) is 11.3 Å². The van der Waals surface area contributed by atoms with Crippen molar-refractivity contribution in [2.75, 3.05) is 26.3 Å². The molecule has 0 bridgehead atoms. The predicted molar refractivity (Wildman–Crippen MR) is 88.7 cm³/mol. The number of hydrogen-bond acceptors (Lipinski definition) is 3. The zero-order valence-electron chi connectivity index (χ0n) is 13.4. The molecule has 122 valence electrons. The second kappa shape index (κ2) is 6.42. The third-order valence-corrected chi connectivity index (χ3v) is 4.10. The van der Waals surface area contributed by atoms with Gasteiger partial charge < -0.3 is 19.9 Å². The van der Waals surface area contributed by atoms with Crippen molar-refractivity contribution in [3.05, 3.63) is 45.2 Å². The number of rotatable bonds is 2. The standard InChI is InChI=1S/C17H21N3O3/c1-11-7-12(2)15-13(8-11)9-14(16(21)19-15)10-18-17(22)20-3-5-23-6-4-20/h7-9H,3-6,10H2,1-2H3,(H,18,22)(H,19,21). The number of morpholine rings is 1. The maximum absolute atomic E-state index is 12.2. The zero-order chi connectivity index (χ0) is 16.4. The lowest BCUT2D eigenvalue weighted by molar-refractivity contribution is 0.0531. The number of urea groups is 1. The van der Waals surface area contributed by atoms with E-state index in [2.05, 4.69) is 10.3 Å². The first kappa shape index (κ1) is 15.6. The van der Waals surface area contributed by atoms with Gasteiger partial charge in [-0.1, -0.05) is 11.6 Å². The number of nitrogens with one attached hydrogen (secondary N) is 2. The van der Waals surface area contributed by atoms with Crippen molar-refractivity contribution in [3.8, 4) is 0 Å². The van der Waals surface area contributed by atoms with E-state index >= 15 is 0 Å². The summed E-state index contributed by atoms with van der Waals surface area (Å²) in [5.74, 6) is 0. The highest BCUT2D eigenvalue weighted by molar-refractivity contribution is 5.83. The summed E-state index contributed by atoms with van der Waals surface area (Å²) in [6.07, 6.45) is 0. The molecule has 2 N–H and O–H groups in total. The highest BCUT2D eigenvalue weighted by atomic mass is 16.5. The fourth-order valence-corrected chi connectivity index (χ4v) is 2.91. The van der Waals surface area contributed by atoms with Gasteiger partial charge in [0, 0.05) is 25.2 Å². The van der Waals surface area contributed by atoms with Gasteiger partial charge in [-0.3, -0.25) is 4.79 Å². The molecule has 1 aliphatic heterocycles. The second-order valence-corrected chi connectivity index (χ2v) is 5.93. The van der Waals surface area contributed by atoms with E-state index in [-0.39, 0.29) is 18.1 Å². The number of aromatic nitrogens is 1. The Labute approximate surface area is 134 Å². The average Bonchev–Trinajstić information content (AvgIpc) is 2.54. The van der Waals surface area contributed by atoms with Crippen molar-refractivity contribution >= 4 is 16.9 Å². The molecule has 0 saturated carbocycles. The monoisotopic (exact) mass is 315 g/mol. The largest absolute Gasteiger partial charge is 0.378 e. The molecule has 1 fully saturated rings. The molecule has 0 unspecified atom stereocenters. The summed E-state index contributed by atoms with van der Waals surface area (Å²) in [7, 11) is 0. The van der Waals surface area contributed by atoms with Crippen molar-refractivity contribution in [3.63, 3.8) is 0 Å². The summed E-state index contributed by atoms with van der Waals surface area (Å²) in [4.78, 5) is 28.9. The molecule has 1 aromatic carbocycles. The summed E-state index contributed by atoms with van der Waals surface area (Å²) in [5, 5.41) is 3.80. The molecule has 2 heterocycles. The SMILES string of the molecule is Cc1cc(C)c2[nH]c(=O)c(CNC(=O)N3CCOCC3)cc2c1. The summed E-state index contributed by atoms with van der Waals surface area (Å²) in [5.41, 5.74) is 3.44. The van der Waals surface area contributed by atoms with Crippen LogP contribution in [0, 0.1) is 13.8 Å². The quantitative estimate of drug-likeness (QED) is 0.885. The fraction of sp³-hybridized carbons (Fsp3) is 0.412. The van der Waals surface area contributed by atoms with E-state index in [0.717, 1.165) is 22.0 Å². The fourth-order valence-electron chi connectivity index (χ4n) is 2.91. The van der Waals surface area contributed by atoms with E-state index in [1.54, 1.807) is 4.90 Å². The minimum atomic E-state index is -0.160. The third kappa shape index (κ3) is 3.37. The van der Waals surface area contributed by atoms with Gasteiger partial charge in [-0.15, -0.1) is 0 Å². The minimum Gasteiger partial charge on any atom is -0.378 e. The van der Waals surface area contributed by atoms with Crippen molar-refractivity contribution in [2.45, 2.75) is 20.4 Å². The summed E-state index contributed by atoms with van der Waals surface area (Å²) >= 11 is 0. The highest BCUT2D eigenvalue weighted by Gasteiger charge is 2.16. The second-order valence-electron chi connectivity index (χ2n) is 5.93. The Balaban J connectivity index is 1.78. The van der Waals surface area contributed by atoms with E-state index in [9.17, 15) is 9.59 Å². The van der Waals surface area contributed by atoms with Crippen LogP contribution in [0.25, 0.3) is 10.9 Å². The van der Waals surface area contributed by atoms with Gasteiger partial charge in [-0.25, -0.2) is 4.79 Å². The van der Waals surface area contributed by atoms with Crippen LogP contribution in [0.1, 0.15) is 16.7 Å². The lowest BCUT2D eigenvalue weighted by Crippen LogP contribution is -2.46. The summed E-state index contributed by atoms with van der Waals surface area (Å²) in [6, 6.07) is 5.77. The first-order valence-corrected chi connectivity index (χ1v) is 7.78. The Kier molecular flexibility index (Phi) is 4.34. The van der Waals surface area contributed by atoms with Crippen LogP contribution in [0.4, 0.5) is 4.79 Å². The van der Waals surface area contributed by atoms with Gasteiger partial charge in [0.15, 0.2) is 0 Å². The molecular formula is C17H21N3O3. The number of pyridine rings is 1. The maximum Gasteiger partial charge on any atom is 0.317 e. The number of aromatic amines is 1. The normalized spacial score (nSPS) is 15.0. The van der Waals surface area contributed by atoms with Crippen molar-refractivity contribution in [1.29, 1.82) is 0 Å². The number of nitrogens with zero attached hydrogens (tertiary/aromatic N) is 1. The molecule has 3 rings (SSSR count). The number of benzene rings is 1. The number of carbonyl (C=O) groups is 1. The zero-order valence-corrected chi connectivity index (χ0v) is 13.4. The molecule has 1 saturated heterocycles. The number of fused-ring (bicyclic) bond motifs is 1. The van der Waals surface area contributed by atoms with E-state index in [4.69, 9.17) is 4.74 Å². The Morgan fingerprint density at radius 1 is 1.26 bits per heavy atom. The molecule has 2 aromatic rings. The first-order valence-electron chi connectivity index (χ1n) is 7.78. The third-order valence-electron chi connectivity index (χ3n) is 4.10. The van der Waals surface area contributed by atoms with Crippen LogP contribution in [0.5, 0.6) is 0 Å². The van der Waals surface area contributed by atoms with Gasteiger partial charge in [0.1, 0.15) is 0 Å². The molecule has 0 atom stereocenters. The van der Waals surface area contributed by atoms with Gasteiger partial charge in [-0.2, -0.15) is 0 Å². The smallest absolute Gasteiger partial charge is 0.317 e. The molecule has 0 radical (unpaired) electrons. The van der Waals surface area contributed by atoms with E-state index in [1.165, 1.54) is 0 Å². The summed E-state index contributed by atoms with van der Waals surface area (Å²) in [6.45, 7) is 6.50. The van der Waals surface area contributed by atoms with E-state index in [0.29, 0.717) is 31.9 Å². The lowest BCUT2D eigenvalue weighted by Gasteiger charge is -2.26.